The van der Waals surface area contributed by atoms with Gasteiger partial charge in [0.05, 0.1) is 0 Å². The minimum atomic E-state index is -2.51. The van der Waals surface area contributed by atoms with Gasteiger partial charge in [-0.1, -0.05) is 12.8 Å². The Hall–Kier alpha value is -1.16. The van der Waals surface area contributed by atoms with E-state index in [1.807, 2.05) is 0 Å². The number of nitrogens with two attached hydrogens (primary N) is 1. The smallest absolute Gasteiger partial charge is 0.263 e. The second-order valence-corrected chi connectivity index (χ2v) is 4.77. The molecule has 1 fully saturated rings. The van der Waals surface area contributed by atoms with Gasteiger partial charge in [0, 0.05) is 23.1 Å². The largest absolute Gasteiger partial charge is 0.508 e. The summed E-state index contributed by atoms with van der Waals surface area (Å²) in [5, 5.41) is 9.87. The lowest BCUT2D eigenvalue weighted by molar-refractivity contribution is 0.151. The zero-order chi connectivity index (χ0) is 12.5. The van der Waals surface area contributed by atoms with Gasteiger partial charge < -0.3 is 10.8 Å². The summed E-state index contributed by atoms with van der Waals surface area (Å²) in [5.41, 5.74) is 6.04. The van der Waals surface area contributed by atoms with Gasteiger partial charge in [-0.05, 0) is 31.0 Å². The van der Waals surface area contributed by atoms with Crippen LogP contribution in [-0.4, -0.2) is 11.7 Å². The van der Waals surface area contributed by atoms with E-state index in [1.54, 1.807) is 0 Å². The molecule has 0 unspecified atom stereocenters. The highest BCUT2D eigenvalue weighted by atomic mass is 19.3. The number of hydrogen-bond donors (Lipinski definition) is 2. The van der Waals surface area contributed by atoms with Gasteiger partial charge in [0.2, 0.25) is 0 Å². The average molecular weight is 241 g/mol. The molecule has 1 aliphatic carbocycles. The maximum atomic E-state index is 12.7. The summed E-state index contributed by atoms with van der Waals surface area (Å²) in [6.07, 6.45) is 1.30. The monoisotopic (exact) mass is 241 g/mol. The van der Waals surface area contributed by atoms with Gasteiger partial charge in [0.1, 0.15) is 5.75 Å². The molecule has 1 saturated carbocycles. The third kappa shape index (κ3) is 2.14. The third-order valence-electron chi connectivity index (χ3n) is 3.80. The molecule has 0 heterocycles. The van der Waals surface area contributed by atoms with E-state index >= 15 is 0 Å². The standard InChI is InChI=1S/C13H17F2NO/c14-12(15)9-3-4-11(17)10(7-9)13(8-16)5-1-2-6-13/h3-4,7,12,17H,1-2,5-6,8,16H2. The molecule has 0 radical (unpaired) electrons. The Morgan fingerprint density at radius 1 is 1.29 bits per heavy atom. The van der Waals surface area contributed by atoms with Crippen LogP contribution >= 0.6 is 0 Å². The number of rotatable bonds is 3. The van der Waals surface area contributed by atoms with Crippen molar-refractivity contribution in [2.45, 2.75) is 37.5 Å². The predicted molar refractivity (Wildman–Crippen MR) is 62.3 cm³/mol. The summed E-state index contributed by atoms with van der Waals surface area (Å²) in [4.78, 5) is 0. The summed E-state index contributed by atoms with van der Waals surface area (Å²) >= 11 is 0. The van der Waals surface area contributed by atoms with E-state index in [9.17, 15) is 13.9 Å². The molecular formula is C13H17F2NO. The molecule has 0 aromatic heterocycles. The molecule has 2 nitrogen and oxygen atoms in total. The SMILES string of the molecule is NCC1(c2cc(C(F)F)ccc2O)CCCC1. The van der Waals surface area contributed by atoms with E-state index in [4.69, 9.17) is 5.73 Å². The number of halogens is 2. The fourth-order valence-corrected chi connectivity index (χ4v) is 2.75. The van der Waals surface area contributed by atoms with E-state index < -0.39 is 6.43 Å². The Kier molecular flexibility index (Phi) is 3.33. The average Bonchev–Trinajstić information content (AvgIpc) is 2.79. The quantitative estimate of drug-likeness (QED) is 0.854. The Bertz CT molecular complexity index is 400. The first-order valence-electron chi connectivity index (χ1n) is 5.91. The molecular weight excluding hydrogens is 224 g/mol. The van der Waals surface area contributed by atoms with Gasteiger partial charge in [-0.2, -0.15) is 0 Å². The lowest BCUT2D eigenvalue weighted by Crippen LogP contribution is -2.32. The molecule has 3 N–H and O–H groups in total. The van der Waals surface area contributed by atoms with E-state index in [1.165, 1.54) is 18.2 Å². The van der Waals surface area contributed by atoms with Crippen molar-refractivity contribution in [1.82, 2.24) is 0 Å². The van der Waals surface area contributed by atoms with Crippen LogP contribution in [0.4, 0.5) is 8.78 Å². The van der Waals surface area contributed by atoms with Crippen LogP contribution in [0.2, 0.25) is 0 Å². The van der Waals surface area contributed by atoms with Crippen LogP contribution in [0.15, 0.2) is 18.2 Å². The van der Waals surface area contributed by atoms with Crippen LogP contribution in [0, 0.1) is 0 Å². The van der Waals surface area contributed by atoms with Crippen molar-refractivity contribution >= 4 is 0 Å². The van der Waals surface area contributed by atoms with Gasteiger partial charge in [-0.3, -0.25) is 0 Å². The lowest BCUT2D eigenvalue weighted by atomic mass is 9.78. The number of phenolic OH excluding ortho intramolecular Hbond substituents is 1. The number of aromatic hydroxyl groups is 1. The topological polar surface area (TPSA) is 46.2 Å². The van der Waals surface area contributed by atoms with Crippen LogP contribution in [0.25, 0.3) is 0 Å². The van der Waals surface area contributed by atoms with Crippen LogP contribution < -0.4 is 5.73 Å². The van der Waals surface area contributed by atoms with Crippen molar-refractivity contribution in [1.29, 1.82) is 0 Å². The number of benzene rings is 1. The molecule has 1 aliphatic rings. The molecule has 1 aromatic rings. The highest BCUT2D eigenvalue weighted by Gasteiger charge is 2.36. The van der Waals surface area contributed by atoms with Gasteiger partial charge in [-0.15, -0.1) is 0 Å². The van der Waals surface area contributed by atoms with E-state index in [-0.39, 0.29) is 16.7 Å². The summed E-state index contributed by atoms with van der Waals surface area (Å²) < 4.78 is 25.4. The van der Waals surface area contributed by atoms with E-state index in [2.05, 4.69) is 0 Å². The zero-order valence-electron chi connectivity index (χ0n) is 9.63. The Morgan fingerprint density at radius 3 is 2.47 bits per heavy atom. The van der Waals surface area contributed by atoms with Crippen molar-refractivity contribution < 1.29 is 13.9 Å². The first-order valence-corrected chi connectivity index (χ1v) is 5.91. The Balaban J connectivity index is 2.45. The molecule has 4 heteroatoms. The first-order chi connectivity index (χ1) is 8.09. The van der Waals surface area contributed by atoms with Crippen LogP contribution in [0.3, 0.4) is 0 Å². The van der Waals surface area contributed by atoms with Crippen LogP contribution in [-0.2, 0) is 5.41 Å². The predicted octanol–water partition coefficient (Wildman–Crippen LogP) is 3.10. The van der Waals surface area contributed by atoms with Crippen LogP contribution in [0.1, 0.15) is 43.2 Å². The number of hydrogen-bond acceptors (Lipinski definition) is 2. The third-order valence-corrected chi connectivity index (χ3v) is 3.80. The molecule has 0 aliphatic heterocycles. The summed E-state index contributed by atoms with van der Waals surface area (Å²) in [6.45, 7) is 0.396. The molecule has 17 heavy (non-hydrogen) atoms. The molecule has 94 valence electrons. The number of phenols is 1. The molecule has 0 atom stereocenters. The fraction of sp³-hybridized carbons (Fsp3) is 0.538. The molecule has 0 bridgehead atoms. The normalized spacial score (nSPS) is 18.8. The van der Waals surface area contributed by atoms with Gasteiger partial charge in [0.15, 0.2) is 0 Å². The van der Waals surface area contributed by atoms with Crippen molar-refractivity contribution in [3.63, 3.8) is 0 Å². The Labute approximate surface area is 99.4 Å². The second kappa shape index (κ2) is 4.61. The molecule has 0 saturated heterocycles. The number of alkyl halides is 2. The summed E-state index contributed by atoms with van der Waals surface area (Å²) in [6, 6.07) is 4.04. The first kappa shape index (κ1) is 12.3. The highest BCUT2D eigenvalue weighted by Crippen LogP contribution is 2.44. The van der Waals surface area contributed by atoms with Crippen molar-refractivity contribution in [3.05, 3.63) is 29.3 Å². The minimum Gasteiger partial charge on any atom is -0.508 e. The maximum Gasteiger partial charge on any atom is 0.263 e. The Morgan fingerprint density at radius 2 is 1.94 bits per heavy atom. The van der Waals surface area contributed by atoms with Crippen molar-refractivity contribution in [2.75, 3.05) is 6.54 Å². The molecule has 0 spiro atoms. The zero-order valence-corrected chi connectivity index (χ0v) is 9.63. The van der Waals surface area contributed by atoms with Crippen molar-refractivity contribution in [2.24, 2.45) is 5.73 Å². The summed E-state index contributed by atoms with van der Waals surface area (Å²) in [7, 11) is 0. The molecule has 1 aromatic carbocycles. The van der Waals surface area contributed by atoms with Gasteiger partial charge in [0.25, 0.3) is 6.43 Å². The molecule has 0 amide bonds. The van der Waals surface area contributed by atoms with Gasteiger partial charge in [-0.25, -0.2) is 8.78 Å². The van der Waals surface area contributed by atoms with Crippen LogP contribution in [0.5, 0.6) is 5.75 Å². The van der Waals surface area contributed by atoms with E-state index in [0.717, 1.165) is 25.7 Å². The highest BCUT2D eigenvalue weighted by molar-refractivity contribution is 5.43. The van der Waals surface area contributed by atoms with E-state index in [0.29, 0.717) is 12.1 Å². The molecule has 2 rings (SSSR count). The summed E-state index contributed by atoms with van der Waals surface area (Å²) in [5.74, 6) is 0.0850. The minimum absolute atomic E-state index is 0.0440. The van der Waals surface area contributed by atoms with Gasteiger partial charge >= 0.3 is 0 Å². The lowest BCUT2D eigenvalue weighted by Gasteiger charge is -2.29. The van der Waals surface area contributed by atoms with Crippen molar-refractivity contribution in [3.8, 4) is 5.75 Å². The maximum absolute atomic E-state index is 12.7. The second-order valence-electron chi connectivity index (χ2n) is 4.77. The fourth-order valence-electron chi connectivity index (χ4n) is 2.75.